The second-order valence-corrected chi connectivity index (χ2v) is 13.9. The summed E-state index contributed by atoms with van der Waals surface area (Å²) in [7, 11) is -4.20. The number of carbonyl (C=O) groups is 1. The molecule has 1 aliphatic heterocycles. The Morgan fingerprint density at radius 2 is 1.87 bits per heavy atom. The molecule has 11 nitrogen and oxygen atoms in total. The fourth-order valence-corrected chi connectivity index (χ4v) is 7.48. The number of rotatable bonds is 7. The number of imidazole rings is 1. The Labute approximate surface area is 229 Å². The lowest BCUT2D eigenvalue weighted by atomic mass is 10.1. The van der Waals surface area contributed by atoms with Crippen molar-refractivity contribution in [2.24, 2.45) is 5.92 Å². The molecule has 1 N–H and O–H groups in total. The smallest absolute Gasteiger partial charge is 0.245 e. The summed E-state index contributed by atoms with van der Waals surface area (Å²) in [6.07, 6.45) is 5.55. The van der Waals surface area contributed by atoms with E-state index >= 15 is 4.39 Å². The molecule has 206 valence electrons. The lowest BCUT2D eigenvalue weighted by molar-refractivity contribution is -0.134. The van der Waals surface area contributed by atoms with E-state index in [1.807, 2.05) is 13.8 Å². The van der Waals surface area contributed by atoms with Crippen LogP contribution in [0.15, 0.2) is 17.3 Å². The third kappa shape index (κ3) is 4.46. The molecule has 0 bridgehead atoms. The third-order valence-electron chi connectivity index (χ3n) is 7.77. The van der Waals surface area contributed by atoms with Gasteiger partial charge in [0.25, 0.3) is 0 Å². The molecule has 2 aliphatic carbocycles. The summed E-state index contributed by atoms with van der Waals surface area (Å²) in [5.41, 5.74) is -0.702. The van der Waals surface area contributed by atoms with E-state index in [1.165, 1.54) is 23.7 Å². The van der Waals surface area contributed by atoms with Crippen molar-refractivity contribution in [3.63, 3.8) is 0 Å². The minimum atomic E-state index is -4.20. The lowest BCUT2D eigenvalue weighted by Gasteiger charge is -2.37. The summed E-state index contributed by atoms with van der Waals surface area (Å²) in [5, 5.41) is 19.1. The lowest BCUT2D eigenvalue weighted by Crippen LogP contribution is -2.50. The van der Waals surface area contributed by atoms with Crippen molar-refractivity contribution in [1.82, 2.24) is 29.2 Å². The van der Waals surface area contributed by atoms with E-state index in [0.29, 0.717) is 73.2 Å². The topological polar surface area (TPSA) is 137 Å². The van der Waals surface area contributed by atoms with Crippen LogP contribution in [0.5, 0.6) is 0 Å². The Bertz CT molecular complexity index is 1620. The van der Waals surface area contributed by atoms with Gasteiger partial charge in [0.1, 0.15) is 21.0 Å². The normalized spacial score (nSPS) is 19.9. The van der Waals surface area contributed by atoms with Gasteiger partial charge in [-0.3, -0.25) is 9.20 Å². The zero-order valence-electron chi connectivity index (χ0n) is 21.9. The molecule has 0 atom stereocenters. The second-order valence-electron chi connectivity index (χ2n) is 11.2. The van der Waals surface area contributed by atoms with Gasteiger partial charge in [0, 0.05) is 43.8 Å². The van der Waals surface area contributed by atoms with Crippen molar-refractivity contribution >= 4 is 38.5 Å². The fraction of sp³-hybridized carbons (Fsp3) is 0.560. The molecule has 0 radical (unpaired) electrons. The maximum absolute atomic E-state index is 16.2. The molecule has 3 aromatic heterocycles. The van der Waals surface area contributed by atoms with Crippen molar-refractivity contribution in [1.29, 1.82) is 5.26 Å². The van der Waals surface area contributed by atoms with Crippen LogP contribution in [0.1, 0.15) is 51.5 Å². The van der Waals surface area contributed by atoms with Crippen molar-refractivity contribution in [2.75, 3.05) is 31.1 Å². The number of sulfonamides is 1. The highest BCUT2D eigenvalue weighted by atomic mass is 32.2. The first-order valence-corrected chi connectivity index (χ1v) is 15.3. The Kier molecular flexibility index (Phi) is 5.98. The molecule has 4 heterocycles. The van der Waals surface area contributed by atoms with Gasteiger partial charge in [-0.15, -0.1) is 10.2 Å². The molecule has 0 aromatic carbocycles. The average molecular weight is 573 g/mol. The molecule has 3 aliphatic rings. The van der Waals surface area contributed by atoms with Crippen LogP contribution in [0.3, 0.4) is 0 Å². The van der Waals surface area contributed by atoms with E-state index in [2.05, 4.69) is 26.0 Å². The van der Waals surface area contributed by atoms with Gasteiger partial charge in [-0.2, -0.15) is 5.26 Å². The maximum atomic E-state index is 16.2. The highest BCUT2D eigenvalue weighted by Gasteiger charge is 2.48. The zero-order chi connectivity index (χ0) is 27.7. The van der Waals surface area contributed by atoms with Crippen molar-refractivity contribution < 1.29 is 17.6 Å². The minimum absolute atomic E-state index is 0.0305. The Balaban J connectivity index is 1.45. The van der Waals surface area contributed by atoms with Gasteiger partial charge in [0.2, 0.25) is 15.9 Å². The average Bonchev–Trinajstić information content (AvgIpc) is 3.73. The van der Waals surface area contributed by atoms with E-state index < -0.39 is 31.7 Å². The van der Waals surface area contributed by atoms with Gasteiger partial charge < -0.3 is 9.80 Å². The number of hydrogen-bond acceptors (Lipinski definition) is 9. The van der Waals surface area contributed by atoms with E-state index in [0.717, 1.165) is 0 Å². The molecule has 0 spiro atoms. The van der Waals surface area contributed by atoms with Crippen LogP contribution in [0.4, 0.5) is 10.1 Å². The highest BCUT2D eigenvalue weighted by Crippen LogP contribution is 2.49. The number of amides is 1. The van der Waals surface area contributed by atoms with E-state index in [-0.39, 0.29) is 17.5 Å². The standard InChI is InChI=1S/C25H29FN8O3S2/c1-15(2)22(35)33-10-8-32(9-11-33)19-16-12-28-20(21-29-30-23(38-21)25(14-27)6-7-25)34(16)13-17(18(19)26)39(36,37)31-24(3)4-5-24/h12-13,15,31H,4-11H2,1-3H3. The highest BCUT2D eigenvalue weighted by molar-refractivity contribution is 7.89. The van der Waals surface area contributed by atoms with Gasteiger partial charge in [-0.05, 0) is 32.6 Å². The summed E-state index contributed by atoms with van der Waals surface area (Å²) >= 11 is 1.24. The first kappa shape index (κ1) is 26.1. The van der Waals surface area contributed by atoms with E-state index in [9.17, 15) is 18.5 Å². The van der Waals surface area contributed by atoms with Crippen molar-refractivity contribution in [3.05, 3.63) is 23.2 Å². The van der Waals surface area contributed by atoms with Crippen LogP contribution in [-0.2, 0) is 20.2 Å². The van der Waals surface area contributed by atoms with Crippen LogP contribution in [0.25, 0.3) is 16.3 Å². The number of piperazine rings is 1. The van der Waals surface area contributed by atoms with Crippen LogP contribution in [-0.4, -0.2) is 70.5 Å². The van der Waals surface area contributed by atoms with E-state index in [4.69, 9.17) is 0 Å². The maximum Gasteiger partial charge on any atom is 0.245 e. The number of aromatic nitrogens is 4. The number of carbonyl (C=O) groups excluding carboxylic acids is 1. The van der Waals surface area contributed by atoms with Gasteiger partial charge in [0.15, 0.2) is 16.6 Å². The largest absolute Gasteiger partial charge is 0.364 e. The van der Waals surface area contributed by atoms with Crippen molar-refractivity contribution in [2.45, 2.75) is 62.3 Å². The quantitative estimate of drug-likeness (QED) is 0.456. The molecule has 6 rings (SSSR count). The summed E-state index contributed by atoms with van der Waals surface area (Å²) in [4.78, 5) is 20.1. The molecular weight excluding hydrogens is 543 g/mol. The summed E-state index contributed by atoms with van der Waals surface area (Å²) in [6, 6.07) is 2.31. The number of anilines is 1. The molecule has 3 aromatic rings. The Morgan fingerprint density at radius 3 is 2.46 bits per heavy atom. The fourth-order valence-electron chi connectivity index (χ4n) is 4.91. The van der Waals surface area contributed by atoms with Gasteiger partial charge in [-0.1, -0.05) is 25.2 Å². The number of nitriles is 1. The third-order valence-corrected chi connectivity index (χ3v) is 10.5. The van der Waals surface area contributed by atoms with Crippen LogP contribution in [0.2, 0.25) is 0 Å². The zero-order valence-corrected chi connectivity index (χ0v) is 23.6. The number of fused-ring (bicyclic) bond motifs is 1. The predicted octanol–water partition coefficient (Wildman–Crippen LogP) is 2.68. The number of nitrogens with one attached hydrogen (secondary N) is 1. The number of halogens is 1. The molecular formula is C25H29FN8O3S2. The Morgan fingerprint density at radius 1 is 1.18 bits per heavy atom. The summed E-state index contributed by atoms with van der Waals surface area (Å²) in [5.74, 6) is -0.642. The van der Waals surface area contributed by atoms with Crippen LogP contribution < -0.4 is 9.62 Å². The van der Waals surface area contributed by atoms with Gasteiger partial charge in [0.05, 0.1) is 17.8 Å². The minimum Gasteiger partial charge on any atom is -0.364 e. The molecule has 39 heavy (non-hydrogen) atoms. The molecule has 1 saturated heterocycles. The number of nitrogens with zero attached hydrogens (tertiary/aromatic N) is 7. The van der Waals surface area contributed by atoms with E-state index in [1.54, 1.807) is 21.1 Å². The molecule has 2 saturated carbocycles. The predicted molar refractivity (Wildman–Crippen MR) is 142 cm³/mol. The van der Waals surface area contributed by atoms with Crippen molar-refractivity contribution in [3.8, 4) is 16.9 Å². The Hall–Kier alpha value is -3.15. The molecule has 1 amide bonds. The van der Waals surface area contributed by atoms with Crippen LogP contribution in [0, 0.1) is 23.1 Å². The SMILES string of the molecule is CC(C)C(=O)N1CCN(c2c(F)c(S(=O)(=O)NC3(C)CC3)cn3c(-c4nnc(C5(C#N)CC5)s4)ncc23)CC1. The molecule has 14 heteroatoms. The van der Waals surface area contributed by atoms with Gasteiger partial charge >= 0.3 is 0 Å². The van der Waals surface area contributed by atoms with Gasteiger partial charge in [-0.25, -0.2) is 22.5 Å². The number of pyridine rings is 1. The first-order valence-electron chi connectivity index (χ1n) is 13.0. The second kappa shape index (κ2) is 8.94. The van der Waals surface area contributed by atoms with Crippen LogP contribution >= 0.6 is 11.3 Å². The molecule has 3 fully saturated rings. The summed E-state index contributed by atoms with van der Waals surface area (Å²) in [6.45, 7) is 6.95. The summed E-state index contributed by atoms with van der Waals surface area (Å²) < 4.78 is 47.3. The number of hydrogen-bond donors (Lipinski definition) is 1. The first-order chi connectivity index (χ1) is 18.5. The molecule has 0 unspecified atom stereocenters. The monoisotopic (exact) mass is 572 g/mol.